The molecule has 3 rings (SSSR count). The predicted molar refractivity (Wildman–Crippen MR) is 119 cm³/mol. The molecule has 146 valence electrons. The number of carbonyl (C=O) groups is 1. The van der Waals surface area contributed by atoms with E-state index in [9.17, 15) is 4.79 Å². The Morgan fingerprint density at radius 2 is 2.00 bits per heavy atom. The monoisotopic (exact) mass is 482 g/mol. The minimum Gasteiger partial charge on any atom is -0.355 e. The van der Waals surface area contributed by atoms with E-state index in [0.717, 1.165) is 22.6 Å². The number of halogens is 1. The number of nitrogens with zero attached hydrogens (tertiary/aromatic N) is 4. The normalized spacial score (nSPS) is 13.4. The molecule has 7 nitrogen and oxygen atoms in total. The molecule has 1 aliphatic rings. The molecule has 2 heterocycles. The first-order chi connectivity index (χ1) is 12.5. The first-order valence-electron chi connectivity index (χ1n) is 8.83. The maximum atomic E-state index is 12.2. The van der Waals surface area contributed by atoms with Gasteiger partial charge in [0, 0.05) is 50.7 Å². The zero-order valence-corrected chi connectivity index (χ0v) is 18.6. The molecule has 0 unspecified atom stereocenters. The fourth-order valence-electron chi connectivity index (χ4n) is 3.31. The lowest BCUT2D eigenvalue weighted by molar-refractivity contribution is -0.117. The van der Waals surface area contributed by atoms with Crippen LogP contribution in [-0.2, 0) is 24.8 Å². The van der Waals surface area contributed by atoms with Crippen molar-refractivity contribution in [2.45, 2.75) is 26.8 Å². The number of fused-ring (bicyclic) bond motifs is 1. The third kappa shape index (κ3) is 4.60. The molecule has 2 N–H and O–H groups in total. The number of amides is 1. The molecule has 0 atom stereocenters. The average molecular weight is 482 g/mol. The summed E-state index contributed by atoms with van der Waals surface area (Å²) in [5.41, 5.74) is 5.46. The van der Waals surface area contributed by atoms with Crippen LogP contribution in [0.4, 0.5) is 5.69 Å². The van der Waals surface area contributed by atoms with Gasteiger partial charge in [0.05, 0.1) is 12.1 Å². The average Bonchev–Trinajstić information content (AvgIpc) is 3.07. The van der Waals surface area contributed by atoms with E-state index in [0.29, 0.717) is 32.0 Å². The summed E-state index contributed by atoms with van der Waals surface area (Å²) < 4.78 is 1.89. The number of carbonyl (C=O) groups excluding carboxylic acids is 1. The molecular formula is C19H27IN6O. The number of hydrogen-bond acceptors (Lipinski definition) is 3. The summed E-state index contributed by atoms with van der Waals surface area (Å²) in [6.45, 7) is 5.98. The summed E-state index contributed by atoms with van der Waals surface area (Å²) >= 11 is 0. The summed E-state index contributed by atoms with van der Waals surface area (Å²) in [5, 5.41) is 11.0. The fraction of sp³-hybridized carbons (Fsp3) is 0.421. The molecule has 0 bridgehead atoms. The molecule has 0 fully saturated rings. The molecule has 27 heavy (non-hydrogen) atoms. The number of aromatic nitrogens is 2. The maximum Gasteiger partial charge on any atom is 0.231 e. The number of aliphatic imine (C=N–C) groups is 1. The molecule has 0 spiro atoms. The second-order valence-electron chi connectivity index (χ2n) is 6.48. The van der Waals surface area contributed by atoms with Gasteiger partial charge in [0.1, 0.15) is 0 Å². The van der Waals surface area contributed by atoms with Crippen LogP contribution in [0.2, 0.25) is 0 Å². The molecule has 1 amide bonds. The van der Waals surface area contributed by atoms with Crippen molar-refractivity contribution in [1.82, 2.24) is 20.4 Å². The van der Waals surface area contributed by atoms with Crippen LogP contribution in [0.5, 0.6) is 0 Å². The van der Waals surface area contributed by atoms with Crippen LogP contribution in [0.1, 0.15) is 22.5 Å². The van der Waals surface area contributed by atoms with Gasteiger partial charge in [-0.1, -0.05) is 18.2 Å². The molecule has 0 saturated carbocycles. The van der Waals surface area contributed by atoms with Crippen LogP contribution < -0.4 is 15.5 Å². The SMILES string of the molecule is CN=C(NCCN1C(=O)Cc2ccccc21)NCc1c(C)nn(C)c1C.I. The standard InChI is InChI=1S/C19H26N6O.HI/c1-13-16(14(2)24(4)23-13)12-22-19(20-3)21-9-10-25-17-8-6-5-7-15(17)11-18(25)26;/h5-8H,9-12H2,1-4H3,(H2,20,21,22);1H. The Balaban J connectivity index is 0.00000261. The number of aryl methyl sites for hydroxylation is 2. The van der Waals surface area contributed by atoms with Crippen molar-refractivity contribution in [1.29, 1.82) is 0 Å². The quantitative estimate of drug-likeness (QED) is 0.388. The summed E-state index contributed by atoms with van der Waals surface area (Å²) in [6, 6.07) is 7.96. The Kier molecular flexibility index (Phi) is 7.23. The van der Waals surface area contributed by atoms with E-state index in [1.165, 1.54) is 5.56 Å². The zero-order chi connectivity index (χ0) is 18.7. The van der Waals surface area contributed by atoms with Crippen molar-refractivity contribution in [2.24, 2.45) is 12.0 Å². The largest absolute Gasteiger partial charge is 0.355 e. The first kappa shape index (κ1) is 21.2. The van der Waals surface area contributed by atoms with Crippen LogP contribution in [-0.4, -0.2) is 41.8 Å². The molecule has 8 heteroatoms. The number of para-hydroxylation sites is 1. The van der Waals surface area contributed by atoms with Crippen molar-refractivity contribution >= 4 is 41.5 Å². The lowest BCUT2D eigenvalue weighted by atomic mass is 10.2. The fourth-order valence-corrected chi connectivity index (χ4v) is 3.31. The number of hydrogen-bond donors (Lipinski definition) is 2. The summed E-state index contributed by atoms with van der Waals surface area (Å²) in [5.74, 6) is 0.866. The molecule has 0 saturated heterocycles. The molecule has 2 aromatic rings. The van der Waals surface area contributed by atoms with E-state index in [2.05, 4.69) is 27.6 Å². The number of anilines is 1. The lowest BCUT2D eigenvalue weighted by Crippen LogP contribution is -2.42. The van der Waals surface area contributed by atoms with E-state index < -0.39 is 0 Å². The van der Waals surface area contributed by atoms with Gasteiger partial charge in [0.2, 0.25) is 5.91 Å². The topological polar surface area (TPSA) is 74.6 Å². The van der Waals surface area contributed by atoms with Crippen LogP contribution in [0.3, 0.4) is 0 Å². The van der Waals surface area contributed by atoms with Gasteiger partial charge < -0.3 is 15.5 Å². The zero-order valence-electron chi connectivity index (χ0n) is 16.2. The minimum atomic E-state index is 0. The van der Waals surface area contributed by atoms with Crippen LogP contribution in [0.15, 0.2) is 29.3 Å². The Labute approximate surface area is 177 Å². The molecule has 0 radical (unpaired) electrons. The molecular weight excluding hydrogens is 455 g/mol. The van der Waals surface area contributed by atoms with E-state index in [4.69, 9.17) is 0 Å². The Morgan fingerprint density at radius 3 is 2.67 bits per heavy atom. The third-order valence-corrected chi connectivity index (χ3v) is 4.87. The van der Waals surface area contributed by atoms with Gasteiger partial charge >= 0.3 is 0 Å². The second-order valence-corrected chi connectivity index (χ2v) is 6.48. The molecule has 1 aliphatic heterocycles. The Morgan fingerprint density at radius 1 is 1.26 bits per heavy atom. The predicted octanol–water partition coefficient (Wildman–Crippen LogP) is 1.91. The number of nitrogens with one attached hydrogen (secondary N) is 2. The van der Waals surface area contributed by atoms with E-state index in [1.54, 1.807) is 7.05 Å². The number of rotatable bonds is 5. The Bertz CT molecular complexity index is 845. The van der Waals surface area contributed by atoms with Gasteiger partial charge in [-0.3, -0.25) is 14.5 Å². The van der Waals surface area contributed by atoms with Crippen LogP contribution in [0.25, 0.3) is 0 Å². The summed E-state index contributed by atoms with van der Waals surface area (Å²) in [6.07, 6.45) is 0.489. The highest BCUT2D eigenvalue weighted by molar-refractivity contribution is 14.0. The third-order valence-electron chi connectivity index (χ3n) is 4.87. The number of benzene rings is 1. The maximum absolute atomic E-state index is 12.2. The number of guanidine groups is 1. The van der Waals surface area contributed by atoms with E-state index in [1.807, 2.05) is 47.8 Å². The van der Waals surface area contributed by atoms with Gasteiger partial charge in [-0.05, 0) is 25.5 Å². The molecule has 1 aromatic carbocycles. The van der Waals surface area contributed by atoms with Crippen LogP contribution >= 0.6 is 24.0 Å². The minimum absolute atomic E-state index is 0. The van der Waals surface area contributed by atoms with E-state index in [-0.39, 0.29) is 29.9 Å². The molecule has 1 aromatic heterocycles. The van der Waals surface area contributed by atoms with Crippen molar-refractivity contribution in [3.05, 3.63) is 46.8 Å². The van der Waals surface area contributed by atoms with Crippen molar-refractivity contribution < 1.29 is 4.79 Å². The first-order valence-corrected chi connectivity index (χ1v) is 8.83. The van der Waals surface area contributed by atoms with Gasteiger partial charge in [-0.15, -0.1) is 24.0 Å². The van der Waals surface area contributed by atoms with E-state index >= 15 is 0 Å². The van der Waals surface area contributed by atoms with Crippen LogP contribution in [0, 0.1) is 13.8 Å². The van der Waals surface area contributed by atoms with Gasteiger partial charge in [-0.2, -0.15) is 5.10 Å². The molecule has 0 aliphatic carbocycles. The Hall–Kier alpha value is -2.10. The van der Waals surface area contributed by atoms with Crippen molar-refractivity contribution in [3.8, 4) is 0 Å². The highest BCUT2D eigenvalue weighted by atomic mass is 127. The van der Waals surface area contributed by atoms with Gasteiger partial charge in [0.25, 0.3) is 0 Å². The highest BCUT2D eigenvalue weighted by Gasteiger charge is 2.26. The van der Waals surface area contributed by atoms with Gasteiger partial charge in [0.15, 0.2) is 5.96 Å². The van der Waals surface area contributed by atoms with Crippen molar-refractivity contribution in [3.63, 3.8) is 0 Å². The second kappa shape index (κ2) is 9.20. The summed E-state index contributed by atoms with van der Waals surface area (Å²) in [4.78, 5) is 18.3. The van der Waals surface area contributed by atoms with Crippen molar-refractivity contribution in [2.75, 3.05) is 25.0 Å². The van der Waals surface area contributed by atoms with Gasteiger partial charge in [-0.25, -0.2) is 0 Å². The highest BCUT2D eigenvalue weighted by Crippen LogP contribution is 2.27. The summed E-state index contributed by atoms with van der Waals surface area (Å²) in [7, 11) is 3.69. The smallest absolute Gasteiger partial charge is 0.231 e. The lowest BCUT2D eigenvalue weighted by Gasteiger charge is -2.19.